The van der Waals surface area contributed by atoms with E-state index in [0.29, 0.717) is 6.42 Å². The topological polar surface area (TPSA) is 58.4 Å². The summed E-state index contributed by atoms with van der Waals surface area (Å²) in [6, 6.07) is 7.74. The monoisotopic (exact) mass is 289 g/mol. The van der Waals surface area contributed by atoms with Gasteiger partial charge in [-0.05, 0) is 69.4 Å². The van der Waals surface area contributed by atoms with Crippen LogP contribution in [-0.2, 0) is 11.2 Å². The largest absolute Gasteiger partial charge is 0.399 e. The van der Waals surface area contributed by atoms with Crippen molar-refractivity contribution in [2.24, 2.45) is 5.92 Å². The van der Waals surface area contributed by atoms with Crippen molar-refractivity contribution in [1.82, 2.24) is 10.2 Å². The minimum Gasteiger partial charge on any atom is -0.399 e. The van der Waals surface area contributed by atoms with Crippen LogP contribution in [0.25, 0.3) is 0 Å². The number of nitrogens with one attached hydrogen (secondary N) is 1. The van der Waals surface area contributed by atoms with Crippen LogP contribution in [0.3, 0.4) is 0 Å². The molecule has 1 aromatic carbocycles. The molecule has 3 N–H and O–H groups in total. The van der Waals surface area contributed by atoms with Gasteiger partial charge < -0.3 is 16.0 Å². The lowest BCUT2D eigenvalue weighted by molar-refractivity contribution is -0.121. The van der Waals surface area contributed by atoms with Crippen molar-refractivity contribution in [1.29, 1.82) is 0 Å². The van der Waals surface area contributed by atoms with E-state index in [2.05, 4.69) is 17.3 Å². The van der Waals surface area contributed by atoms with Crippen LogP contribution in [0.4, 0.5) is 5.69 Å². The summed E-state index contributed by atoms with van der Waals surface area (Å²) in [7, 11) is 2.18. The van der Waals surface area contributed by atoms with E-state index in [-0.39, 0.29) is 5.91 Å². The zero-order valence-corrected chi connectivity index (χ0v) is 13.0. The van der Waals surface area contributed by atoms with Gasteiger partial charge in [0.1, 0.15) is 0 Å². The van der Waals surface area contributed by atoms with Crippen molar-refractivity contribution in [3.8, 4) is 0 Å². The molecule has 0 spiro atoms. The maximum atomic E-state index is 11.8. The highest BCUT2D eigenvalue weighted by Gasteiger charge is 2.16. The molecule has 1 saturated heterocycles. The summed E-state index contributed by atoms with van der Waals surface area (Å²) in [6.07, 6.45) is 4.97. The highest BCUT2D eigenvalue weighted by Crippen LogP contribution is 2.18. The molecule has 0 unspecified atom stereocenters. The van der Waals surface area contributed by atoms with E-state index < -0.39 is 0 Å². The molecule has 0 aliphatic carbocycles. The highest BCUT2D eigenvalue weighted by molar-refractivity contribution is 5.76. The normalized spacial score (nSPS) is 16.8. The molecule has 1 aromatic rings. The molecule has 0 radical (unpaired) electrons. The molecule has 0 atom stereocenters. The van der Waals surface area contributed by atoms with E-state index in [1.165, 1.54) is 25.9 Å². The molecule has 0 saturated carbocycles. The van der Waals surface area contributed by atoms with Crippen LogP contribution in [0.2, 0.25) is 0 Å². The molecule has 1 heterocycles. The molecule has 1 aliphatic heterocycles. The van der Waals surface area contributed by atoms with Crippen LogP contribution in [0.1, 0.15) is 31.2 Å². The highest BCUT2D eigenvalue weighted by atomic mass is 16.1. The Morgan fingerprint density at radius 2 is 1.95 bits per heavy atom. The summed E-state index contributed by atoms with van der Waals surface area (Å²) in [5.74, 6) is 0.929. The fourth-order valence-electron chi connectivity index (χ4n) is 2.80. The van der Waals surface area contributed by atoms with E-state index in [0.717, 1.165) is 36.6 Å². The summed E-state index contributed by atoms with van der Waals surface area (Å²) >= 11 is 0. The first-order valence-corrected chi connectivity index (χ1v) is 7.93. The number of piperidine rings is 1. The number of nitrogen functional groups attached to an aromatic ring is 1. The molecular formula is C17H27N3O. The van der Waals surface area contributed by atoms with Gasteiger partial charge in [0, 0.05) is 18.7 Å². The first kappa shape index (κ1) is 15.8. The predicted molar refractivity (Wildman–Crippen MR) is 87.0 cm³/mol. The summed E-state index contributed by atoms with van der Waals surface area (Å²) in [5.41, 5.74) is 7.57. The lowest BCUT2D eigenvalue weighted by atomic mass is 9.94. The van der Waals surface area contributed by atoms with Crippen molar-refractivity contribution in [3.63, 3.8) is 0 Å². The number of benzene rings is 1. The van der Waals surface area contributed by atoms with Gasteiger partial charge in [0.05, 0.1) is 0 Å². The third-order valence-electron chi connectivity index (χ3n) is 4.33. The summed E-state index contributed by atoms with van der Waals surface area (Å²) in [6.45, 7) is 3.19. The average Bonchev–Trinajstić information content (AvgIpc) is 2.49. The molecule has 0 aromatic heterocycles. The van der Waals surface area contributed by atoms with Crippen LogP contribution in [0.15, 0.2) is 24.3 Å². The zero-order valence-electron chi connectivity index (χ0n) is 13.0. The Balaban J connectivity index is 1.58. The number of nitrogens with two attached hydrogens (primary N) is 1. The summed E-state index contributed by atoms with van der Waals surface area (Å²) in [5, 5.41) is 3.05. The Morgan fingerprint density at radius 1 is 1.29 bits per heavy atom. The number of aryl methyl sites for hydroxylation is 1. The molecule has 1 aliphatic rings. The van der Waals surface area contributed by atoms with Crippen LogP contribution in [0, 0.1) is 5.92 Å². The van der Waals surface area contributed by atoms with E-state index in [1.54, 1.807) is 0 Å². The molecule has 2 rings (SSSR count). The lowest BCUT2D eigenvalue weighted by Gasteiger charge is -2.28. The maximum Gasteiger partial charge on any atom is 0.220 e. The Labute approximate surface area is 127 Å². The Morgan fingerprint density at radius 3 is 2.62 bits per heavy atom. The molecule has 4 nitrogen and oxygen atoms in total. The van der Waals surface area contributed by atoms with Crippen molar-refractivity contribution in [2.45, 2.75) is 32.1 Å². The van der Waals surface area contributed by atoms with E-state index >= 15 is 0 Å². The van der Waals surface area contributed by atoms with Crippen molar-refractivity contribution in [2.75, 3.05) is 32.4 Å². The van der Waals surface area contributed by atoms with Crippen molar-refractivity contribution in [3.05, 3.63) is 29.8 Å². The molecule has 1 amide bonds. The maximum absolute atomic E-state index is 11.8. The van der Waals surface area contributed by atoms with Gasteiger partial charge in [-0.15, -0.1) is 0 Å². The van der Waals surface area contributed by atoms with E-state index in [4.69, 9.17) is 5.73 Å². The minimum absolute atomic E-state index is 0.153. The Bertz CT molecular complexity index is 436. The van der Waals surface area contributed by atoms with Gasteiger partial charge in [-0.1, -0.05) is 12.1 Å². The number of rotatable bonds is 6. The number of carbonyl (C=O) groups excluding carboxylic acids is 1. The number of amides is 1. The van der Waals surface area contributed by atoms with Crippen molar-refractivity contribution < 1.29 is 4.79 Å². The SMILES string of the molecule is CN1CCC(CCNC(=O)CCc2ccc(N)cc2)CC1. The minimum atomic E-state index is 0.153. The van der Waals surface area contributed by atoms with Crippen LogP contribution >= 0.6 is 0 Å². The van der Waals surface area contributed by atoms with Gasteiger partial charge in [-0.25, -0.2) is 0 Å². The van der Waals surface area contributed by atoms with Gasteiger partial charge in [0.2, 0.25) is 5.91 Å². The predicted octanol–water partition coefficient (Wildman–Crippen LogP) is 2.05. The van der Waals surface area contributed by atoms with Gasteiger partial charge in [-0.3, -0.25) is 4.79 Å². The van der Waals surface area contributed by atoms with Crippen molar-refractivity contribution >= 4 is 11.6 Å². The van der Waals surface area contributed by atoms with Gasteiger partial charge in [0.15, 0.2) is 0 Å². The Hall–Kier alpha value is -1.55. The van der Waals surface area contributed by atoms with E-state index in [1.807, 2.05) is 24.3 Å². The average molecular weight is 289 g/mol. The smallest absolute Gasteiger partial charge is 0.220 e. The van der Waals surface area contributed by atoms with Crippen LogP contribution < -0.4 is 11.1 Å². The first-order chi connectivity index (χ1) is 10.1. The van der Waals surface area contributed by atoms with Gasteiger partial charge in [-0.2, -0.15) is 0 Å². The molecular weight excluding hydrogens is 262 g/mol. The molecule has 1 fully saturated rings. The zero-order chi connectivity index (χ0) is 15.1. The van der Waals surface area contributed by atoms with Gasteiger partial charge in [0.25, 0.3) is 0 Å². The molecule has 4 heteroatoms. The number of likely N-dealkylation sites (tertiary alicyclic amines) is 1. The number of hydrogen-bond donors (Lipinski definition) is 2. The quantitative estimate of drug-likeness (QED) is 0.788. The Kier molecular flexibility index (Phi) is 6.05. The first-order valence-electron chi connectivity index (χ1n) is 7.93. The second-order valence-corrected chi connectivity index (χ2v) is 6.13. The fraction of sp³-hybridized carbons (Fsp3) is 0.588. The summed E-state index contributed by atoms with van der Waals surface area (Å²) < 4.78 is 0. The third-order valence-corrected chi connectivity index (χ3v) is 4.33. The second kappa shape index (κ2) is 8.03. The number of hydrogen-bond acceptors (Lipinski definition) is 3. The fourth-order valence-corrected chi connectivity index (χ4v) is 2.80. The number of carbonyl (C=O) groups is 1. The lowest BCUT2D eigenvalue weighted by Crippen LogP contribution is -2.32. The van der Waals surface area contributed by atoms with Crippen LogP contribution in [0.5, 0.6) is 0 Å². The summed E-state index contributed by atoms with van der Waals surface area (Å²) in [4.78, 5) is 14.2. The van der Waals surface area contributed by atoms with Gasteiger partial charge >= 0.3 is 0 Å². The number of nitrogens with zero attached hydrogens (tertiary/aromatic N) is 1. The standard InChI is InChI=1S/C17H27N3O/c1-20-12-9-15(10-13-20)8-11-19-17(21)7-4-14-2-5-16(18)6-3-14/h2-3,5-6,15H,4,7-13,18H2,1H3,(H,19,21). The molecule has 116 valence electrons. The molecule has 0 bridgehead atoms. The van der Waals surface area contributed by atoms with Crippen LogP contribution in [-0.4, -0.2) is 37.5 Å². The number of anilines is 1. The third kappa shape index (κ3) is 5.76. The molecule has 21 heavy (non-hydrogen) atoms. The van der Waals surface area contributed by atoms with E-state index in [9.17, 15) is 4.79 Å². The second-order valence-electron chi connectivity index (χ2n) is 6.13.